The molecule has 15 heavy (non-hydrogen) atoms. The van der Waals surface area contributed by atoms with Gasteiger partial charge in [-0.05, 0) is 24.8 Å². The zero-order valence-corrected chi connectivity index (χ0v) is 9.02. The predicted molar refractivity (Wildman–Crippen MR) is 62.8 cm³/mol. The molecule has 2 heteroatoms. The first-order chi connectivity index (χ1) is 7.22. The van der Waals surface area contributed by atoms with Gasteiger partial charge in [-0.3, -0.25) is 4.79 Å². The smallest absolute Gasteiger partial charge is 0.249 e. The molecule has 0 saturated heterocycles. The Morgan fingerprint density at radius 3 is 2.73 bits per heavy atom. The van der Waals surface area contributed by atoms with Crippen LogP contribution in [-0.4, -0.2) is 12.1 Å². The van der Waals surface area contributed by atoms with E-state index >= 15 is 0 Å². The number of benzene rings is 1. The van der Waals surface area contributed by atoms with Crippen LogP contribution in [0.3, 0.4) is 0 Å². The molecule has 0 aromatic heterocycles. The van der Waals surface area contributed by atoms with Crippen LogP contribution in [-0.2, 0) is 11.2 Å². The molecule has 1 aromatic carbocycles. The van der Waals surface area contributed by atoms with Gasteiger partial charge in [-0.1, -0.05) is 37.3 Å². The van der Waals surface area contributed by atoms with Gasteiger partial charge in [0.25, 0.3) is 0 Å². The zero-order valence-electron chi connectivity index (χ0n) is 9.02. The van der Waals surface area contributed by atoms with Crippen LogP contribution in [0, 0.1) is 12.8 Å². The number of nitrogens with zero attached hydrogens (tertiary/aromatic N) is 1. The fraction of sp³-hybridized carbons (Fsp3) is 0.308. The van der Waals surface area contributed by atoms with Gasteiger partial charge in [0.1, 0.15) is 0 Å². The van der Waals surface area contributed by atoms with E-state index < -0.39 is 0 Å². The first-order valence-electron chi connectivity index (χ1n) is 5.16. The predicted octanol–water partition coefficient (Wildman–Crippen LogP) is 2.69. The van der Waals surface area contributed by atoms with Crippen LogP contribution in [0.2, 0.25) is 0 Å². The Hall–Kier alpha value is -1.44. The van der Waals surface area contributed by atoms with Gasteiger partial charge in [0, 0.05) is 6.21 Å². The first kappa shape index (κ1) is 11.6. The van der Waals surface area contributed by atoms with Gasteiger partial charge in [-0.25, -0.2) is 4.99 Å². The Morgan fingerprint density at radius 1 is 1.47 bits per heavy atom. The van der Waals surface area contributed by atoms with Crippen LogP contribution >= 0.6 is 0 Å². The average Bonchev–Trinajstić information content (AvgIpc) is 2.27. The third-order valence-corrected chi connectivity index (χ3v) is 2.15. The summed E-state index contributed by atoms with van der Waals surface area (Å²) in [5.74, 6) is 0.0213. The van der Waals surface area contributed by atoms with Crippen molar-refractivity contribution in [3.8, 4) is 0 Å². The molecule has 0 saturated carbocycles. The van der Waals surface area contributed by atoms with E-state index in [1.165, 1.54) is 0 Å². The minimum Gasteiger partial charge on any atom is -0.272 e. The molecule has 1 atom stereocenters. The van der Waals surface area contributed by atoms with E-state index in [4.69, 9.17) is 0 Å². The van der Waals surface area contributed by atoms with E-state index in [1.54, 1.807) is 6.21 Å². The topological polar surface area (TPSA) is 29.4 Å². The Labute approximate surface area is 91.0 Å². The monoisotopic (exact) mass is 202 g/mol. The van der Waals surface area contributed by atoms with Crippen molar-refractivity contribution in [2.24, 2.45) is 10.9 Å². The van der Waals surface area contributed by atoms with E-state index in [-0.39, 0.29) is 11.8 Å². The molecule has 0 N–H and O–H groups in total. The Bertz CT molecular complexity index is 330. The molecule has 0 heterocycles. The lowest BCUT2D eigenvalue weighted by Crippen LogP contribution is -2.02. The summed E-state index contributed by atoms with van der Waals surface area (Å²) in [6.45, 7) is 5.85. The molecule has 0 aliphatic rings. The Morgan fingerprint density at radius 2 is 2.13 bits per heavy atom. The fourth-order valence-corrected chi connectivity index (χ4v) is 1.11. The van der Waals surface area contributed by atoms with Gasteiger partial charge in [0.05, 0.1) is 6.42 Å². The lowest BCUT2D eigenvalue weighted by atomic mass is 10.1. The van der Waals surface area contributed by atoms with Crippen molar-refractivity contribution in [3.63, 3.8) is 0 Å². The summed E-state index contributed by atoms with van der Waals surface area (Å²) in [6.07, 6.45) is 2.90. The standard InChI is InChI=1S/C13H16NO/c1-3-11(2)10-14-13(15)9-12-7-5-4-6-8-12/h4-8,10-11H,2-3,9H2,1H3. The zero-order chi connectivity index (χ0) is 11.1. The van der Waals surface area contributed by atoms with E-state index in [9.17, 15) is 4.79 Å². The maximum atomic E-state index is 11.4. The lowest BCUT2D eigenvalue weighted by molar-refractivity contribution is -0.117. The van der Waals surface area contributed by atoms with Crippen LogP contribution in [0.1, 0.15) is 18.9 Å². The van der Waals surface area contributed by atoms with E-state index in [1.807, 2.05) is 37.3 Å². The van der Waals surface area contributed by atoms with Crippen LogP contribution < -0.4 is 0 Å². The second kappa shape index (κ2) is 6.12. The lowest BCUT2D eigenvalue weighted by Gasteiger charge is -1.99. The number of amides is 1. The summed E-state index contributed by atoms with van der Waals surface area (Å²) in [6, 6.07) is 9.62. The van der Waals surface area contributed by atoms with E-state index in [0.29, 0.717) is 6.42 Å². The average molecular weight is 202 g/mol. The maximum absolute atomic E-state index is 11.4. The SMILES string of the molecule is [CH2]C(C=NC(=O)Cc1ccccc1)CC. The molecule has 0 aliphatic carbocycles. The second-order valence-electron chi connectivity index (χ2n) is 3.50. The van der Waals surface area contributed by atoms with Crippen molar-refractivity contribution in [1.82, 2.24) is 0 Å². The Balaban J connectivity index is 2.47. The van der Waals surface area contributed by atoms with Crippen molar-refractivity contribution in [2.75, 3.05) is 0 Å². The third kappa shape index (κ3) is 4.54. The van der Waals surface area contributed by atoms with E-state index in [0.717, 1.165) is 12.0 Å². The quantitative estimate of drug-likeness (QED) is 0.690. The summed E-state index contributed by atoms with van der Waals surface area (Å²) >= 11 is 0. The van der Waals surface area contributed by atoms with E-state index in [2.05, 4.69) is 11.9 Å². The normalized spacial score (nSPS) is 12.9. The maximum Gasteiger partial charge on any atom is 0.249 e. The summed E-state index contributed by atoms with van der Waals surface area (Å²) in [4.78, 5) is 15.3. The molecule has 0 spiro atoms. The number of rotatable bonds is 4. The number of aliphatic imine (C=N–C) groups is 1. The highest BCUT2D eigenvalue weighted by molar-refractivity contribution is 5.87. The number of hydrogen-bond acceptors (Lipinski definition) is 1. The van der Waals surface area contributed by atoms with Gasteiger partial charge < -0.3 is 0 Å². The van der Waals surface area contributed by atoms with Crippen molar-refractivity contribution in [1.29, 1.82) is 0 Å². The molecule has 1 aromatic rings. The summed E-state index contributed by atoms with van der Waals surface area (Å²) < 4.78 is 0. The molecule has 0 aliphatic heterocycles. The molecule has 1 unspecified atom stereocenters. The molecule has 0 bridgehead atoms. The summed E-state index contributed by atoms with van der Waals surface area (Å²) in [5, 5.41) is 0. The van der Waals surface area contributed by atoms with Crippen LogP contribution in [0.4, 0.5) is 0 Å². The highest BCUT2D eigenvalue weighted by Crippen LogP contribution is 2.01. The molecular weight excluding hydrogens is 186 g/mol. The van der Waals surface area contributed by atoms with Crippen molar-refractivity contribution < 1.29 is 4.79 Å². The van der Waals surface area contributed by atoms with Crippen molar-refractivity contribution in [3.05, 3.63) is 42.8 Å². The molecule has 0 fully saturated rings. The van der Waals surface area contributed by atoms with Crippen LogP contribution in [0.15, 0.2) is 35.3 Å². The van der Waals surface area contributed by atoms with Crippen molar-refractivity contribution >= 4 is 12.1 Å². The second-order valence-corrected chi connectivity index (χ2v) is 3.50. The number of carbonyl (C=O) groups excluding carboxylic acids is 1. The minimum absolute atomic E-state index is 0.108. The molecule has 1 amide bonds. The highest BCUT2D eigenvalue weighted by atomic mass is 16.1. The highest BCUT2D eigenvalue weighted by Gasteiger charge is 2.00. The first-order valence-corrected chi connectivity index (χ1v) is 5.16. The number of hydrogen-bond donors (Lipinski definition) is 0. The third-order valence-electron chi connectivity index (χ3n) is 2.15. The molecule has 79 valence electrons. The van der Waals surface area contributed by atoms with Gasteiger partial charge in [0.2, 0.25) is 5.91 Å². The van der Waals surface area contributed by atoms with Gasteiger partial charge >= 0.3 is 0 Å². The van der Waals surface area contributed by atoms with Gasteiger partial charge in [0.15, 0.2) is 0 Å². The van der Waals surface area contributed by atoms with Gasteiger partial charge in [-0.2, -0.15) is 0 Å². The summed E-state index contributed by atoms with van der Waals surface area (Å²) in [5.41, 5.74) is 0.997. The van der Waals surface area contributed by atoms with Gasteiger partial charge in [-0.15, -0.1) is 0 Å². The Kier molecular flexibility index (Phi) is 4.75. The molecule has 1 radical (unpaired) electrons. The fourth-order valence-electron chi connectivity index (χ4n) is 1.11. The summed E-state index contributed by atoms with van der Waals surface area (Å²) in [7, 11) is 0. The molecular formula is C13H16NO. The molecule has 1 rings (SSSR count). The van der Waals surface area contributed by atoms with Crippen LogP contribution in [0.5, 0.6) is 0 Å². The largest absolute Gasteiger partial charge is 0.272 e. The molecule has 2 nitrogen and oxygen atoms in total. The number of carbonyl (C=O) groups is 1. The minimum atomic E-state index is -0.108. The van der Waals surface area contributed by atoms with Crippen LogP contribution in [0.25, 0.3) is 0 Å². The van der Waals surface area contributed by atoms with Crippen molar-refractivity contribution in [2.45, 2.75) is 19.8 Å².